The van der Waals surface area contributed by atoms with Crippen LogP contribution in [0.2, 0.25) is 10.0 Å². The fourth-order valence-corrected chi connectivity index (χ4v) is 5.93. The summed E-state index contributed by atoms with van der Waals surface area (Å²) < 4.78 is 0. The van der Waals surface area contributed by atoms with Gasteiger partial charge in [0, 0.05) is 16.0 Å². The van der Waals surface area contributed by atoms with Crippen LogP contribution in [0.15, 0.2) is 61.2 Å². The maximum Gasteiger partial charge on any atom is 0.229 e. The lowest BCUT2D eigenvalue weighted by Crippen LogP contribution is -2.58. The summed E-state index contributed by atoms with van der Waals surface area (Å²) in [5.74, 6) is 0.381. The van der Waals surface area contributed by atoms with Gasteiger partial charge in [-0.05, 0) is 73.4 Å². The first-order valence-electron chi connectivity index (χ1n) is 11.9. The molecule has 1 saturated carbocycles. The molecule has 0 radical (unpaired) electrons. The third kappa shape index (κ3) is 4.87. The van der Waals surface area contributed by atoms with Gasteiger partial charge in [-0.3, -0.25) is 4.79 Å². The summed E-state index contributed by atoms with van der Waals surface area (Å²) in [6.45, 7) is 8.04. The van der Waals surface area contributed by atoms with E-state index >= 15 is 0 Å². The summed E-state index contributed by atoms with van der Waals surface area (Å²) in [7, 11) is 0. The summed E-state index contributed by atoms with van der Waals surface area (Å²) >= 11 is 12.6. The van der Waals surface area contributed by atoms with Gasteiger partial charge in [0.25, 0.3) is 0 Å². The van der Waals surface area contributed by atoms with E-state index in [1.54, 1.807) is 0 Å². The third-order valence-corrected chi connectivity index (χ3v) is 7.95. The van der Waals surface area contributed by atoms with Gasteiger partial charge in [0.05, 0.1) is 23.6 Å². The highest BCUT2D eigenvalue weighted by molar-refractivity contribution is 6.30. The van der Waals surface area contributed by atoms with Gasteiger partial charge < -0.3 is 10.0 Å². The highest BCUT2D eigenvalue weighted by atomic mass is 35.5. The molecule has 1 unspecified atom stereocenters. The molecule has 0 aromatic heterocycles. The number of halogens is 2. The van der Waals surface area contributed by atoms with Crippen LogP contribution in [-0.4, -0.2) is 28.1 Å². The molecule has 2 aliphatic rings. The molecule has 1 aliphatic heterocycles. The molecule has 3 nitrogen and oxygen atoms in total. The number of amides is 1. The molecule has 1 aliphatic carbocycles. The van der Waals surface area contributed by atoms with Gasteiger partial charge in [-0.2, -0.15) is 0 Å². The number of carbonyl (C=O) groups is 1. The monoisotopic (exact) mass is 485 g/mol. The Morgan fingerprint density at radius 3 is 2.42 bits per heavy atom. The fraction of sp³-hybridized carbons (Fsp3) is 0.464. The molecule has 5 atom stereocenters. The molecule has 2 aromatic rings. The number of benzene rings is 2. The van der Waals surface area contributed by atoms with Crippen LogP contribution in [0.1, 0.15) is 69.0 Å². The quantitative estimate of drug-likeness (QED) is 0.402. The molecule has 1 heterocycles. The van der Waals surface area contributed by atoms with Crippen molar-refractivity contribution in [1.29, 1.82) is 0 Å². The second-order valence-corrected chi connectivity index (χ2v) is 10.8. The number of allylic oxidation sites excluding steroid dienone is 1. The standard InChI is InChI=1S/C28H33Cl2NO2/c1-4-15-28(3)17-23(20-7-6-8-22(30)16-20)25(18-11-13-21(29)14-12-18)31(27(28)33)24(5-2)26(32)19-9-10-19/h4,6-8,11-14,16,19,23-26,32H,1,5,9-10,15,17H2,2-3H3/t23-,24+,25-,26?,28+/m1/s1. The van der Waals surface area contributed by atoms with E-state index in [1.165, 1.54) is 0 Å². The number of hydrogen-bond donors (Lipinski definition) is 1. The number of aliphatic hydroxyl groups is 1. The molecule has 1 amide bonds. The van der Waals surface area contributed by atoms with E-state index in [1.807, 2.05) is 60.4 Å². The molecular formula is C28H33Cl2NO2. The molecule has 4 rings (SSSR count). The van der Waals surface area contributed by atoms with E-state index in [0.717, 1.165) is 24.0 Å². The van der Waals surface area contributed by atoms with Crippen LogP contribution < -0.4 is 0 Å². The van der Waals surface area contributed by atoms with Crippen LogP contribution in [0, 0.1) is 11.3 Å². The normalized spacial score (nSPS) is 27.3. The smallest absolute Gasteiger partial charge is 0.229 e. The minimum Gasteiger partial charge on any atom is -0.391 e. The minimum absolute atomic E-state index is 0.0213. The van der Waals surface area contributed by atoms with E-state index in [4.69, 9.17) is 23.2 Å². The van der Waals surface area contributed by atoms with Gasteiger partial charge >= 0.3 is 0 Å². The summed E-state index contributed by atoms with van der Waals surface area (Å²) in [4.78, 5) is 16.2. The zero-order chi connectivity index (χ0) is 23.8. The molecule has 176 valence electrons. The molecule has 2 fully saturated rings. The maximum atomic E-state index is 14.2. The van der Waals surface area contributed by atoms with Gasteiger partial charge in [0.2, 0.25) is 5.91 Å². The van der Waals surface area contributed by atoms with Crippen molar-refractivity contribution in [1.82, 2.24) is 4.90 Å². The largest absolute Gasteiger partial charge is 0.391 e. The SMILES string of the molecule is C=CC[C@@]1(C)C[C@H](c2cccc(Cl)c2)[C@@H](c2ccc(Cl)cc2)N([C@@H](CC)C(O)C2CC2)C1=O. The van der Waals surface area contributed by atoms with E-state index in [0.29, 0.717) is 29.3 Å². The zero-order valence-corrected chi connectivity index (χ0v) is 20.9. The van der Waals surface area contributed by atoms with Gasteiger partial charge in [-0.1, -0.05) is 67.4 Å². The molecule has 1 N–H and O–H groups in total. The number of rotatable bonds is 8. The predicted octanol–water partition coefficient (Wildman–Crippen LogP) is 7.18. The average molecular weight is 486 g/mol. The van der Waals surface area contributed by atoms with Gasteiger partial charge in [-0.15, -0.1) is 6.58 Å². The molecule has 0 spiro atoms. The number of aliphatic hydroxyl groups excluding tert-OH is 1. The van der Waals surface area contributed by atoms with Crippen molar-refractivity contribution in [2.24, 2.45) is 11.3 Å². The van der Waals surface area contributed by atoms with Gasteiger partial charge in [0.1, 0.15) is 0 Å². The Bertz CT molecular complexity index is 1000. The molecular weight excluding hydrogens is 453 g/mol. The number of hydrogen-bond acceptors (Lipinski definition) is 2. The Morgan fingerprint density at radius 2 is 1.85 bits per heavy atom. The number of likely N-dealkylation sites (tertiary alicyclic amines) is 1. The molecule has 5 heteroatoms. The molecule has 1 saturated heterocycles. The highest BCUT2D eigenvalue weighted by Crippen LogP contribution is 2.53. The molecule has 2 aromatic carbocycles. The van der Waals surface area contributed by atoms with Crippen molar-refractivity contribution in [2.45, 2.75) is 70.1 Å². The molecule has 33 heavy (non-hydrogen) atoms. The summed E-state index contributed by atoms with van der Waals surface area (Å²) in [6.07, 6.45) is 5.31. The number of piperidine rings is 1. The average Bonchev–Trinajstić information content (AvgIpc) is 3.63. The van der Waals surface area contributed by atoms with E-state index in [2.05, 4.69) is 19.6 Å². The van der Waals surface area contributed by atoms with Crippen molar-refractivity contribution < 1.29 is 9.90 Å². The lowest BCUT2D eigenvalue weighted by Gasteiger charge is -2.53. The number of carbonyl (C=O) groups excluding carboxylic acids is 1. The Balaban J connectivity index is 1.89. The van der Waals surface area contributed by atoms with Crippen LogP contribution in [0.3, 0.4) is 0 Å². The van der Waals surface area contributed by atoms with Crippen LogP contribution >= 0.6 is 23.2 Å². The Hall–Kier alpha value is -1.81. The van der Waals surface area contributed by atoms with Crippen molar-refractivity contribution in [3.05, 3.63) is 82.4 Å². The first kappa shape index (κ1) is 24.3. The zero-order valence-electron chi connectivity index (χ0n) is 19.4. The summed E-state index contributed by atoms with van der Waals surface area (Å²) in [5, 5.41) is 12.6. The summed E-state index contributed by atoms with van der Waals surface area (Å²) in [6, 6.07) is 15.3. The van der Waals surface area contributed by atoms with Crippen LogP contribution in [0.4, 0.5) is 0 Å². The Labute approximate surface area is 207 Å². The van der Waals surface area contributed by atoms with Gasteiger partial charge in [-0.25, -0.2) is 0 Å². The number of nitrogens with zero attached hydrogens (tertiary/aromatic N) is 1. The Kier molecular flexibility index (Phi) is 7.23. The predicted molar refractivity (Wildman–Crippen MR) is 136 cm³/mol. The Morgan fingerprint density at radius 1 is 1.15 bits per heavy atom. The van der Waals surface area contributed by atoms with E-state index < -0.39 is 11.5 Å². The van der Waals surface area contributed by atoms with Crippen molar-refractivity contribution in [2.75, 3.05) is 0 Å². The molecule has 0 bridgehead atoms. The van der Waals surface area contributed by atoms with E-state index in [9.17, 15) is 9.90 Å². The van der Waals surface area contributed by atoms with E-state index in [-0.39, 0.29) is 29.8 Å². The highest BCUT2D eigenvalue weighted by Gasteiger charge is 2.53. The second-order valence-electron chi connectivity index (χ2n) is 9.93. The van der Waals surface area contributed by atoms with Crippen molar-refractivity contribution in [3.63, 3.8) is 0 Å². The summed E-state index contributed by atoms with van der Waals surface area (Å²) in [5.41, 5.74) is 1.53. The van der Waals surface area contributed by atoms with Crippen molar-refractivity contribution in [3.8, 4) is 0 Å². The maximum absolute atomic E-state index is 14.2. The van der Waals surface area contributed by atoms with Crippen molar-refractivity contribution >= 4 is 29.1 Å². The lowest BCUT2D eigenvalue weighted by molar-refractivity contribution is -0.159. The third-order valence-electron chi connectivity index (χ3n) is 7.46. The van der Waals surface area contributed by atoms with Crippen LogP contribution in [0.5, 0.6) is 0 Å². The fourth-order valence-electron chi connectivity index (χ4n) is 5.61. The topological polar surface area (TPSA) is 40.5 Å². The lowest BCUT2D eigenvalue weighted by atomic mass is 9.66. The second kappa shape index (κ2) is 9.82. The van der Waals surface area contributed by atoms with Gasteiger partial charge in [0.15, 0.2) is 0 Å². The first-order valence-corrected chi connectivity index (χ1v) is 12.7. The van der Waals surface area contributed by atoms with Crippen LogP contribution in [-0.2, 0) is 4.79 Å². The minimum atomic E-state index is -0.603. The van der Waals surface area contributed by atoms with Crippen LogP contribution in [0.25, 0.3) is 0 Å². The first-order chi connectivity index (χ1) is 15.8.